The molecule has 4 aromatic rings. The van der Waals surface area contributed by atoms with Crippen LogP contribution in [-0.2, 0) is 0 Å². The van der Waals surface area contributed by atoms with Crippen molar-refractivity contribution in [3.63, 3.8) is 0 Å². The Morgan fingerprint density at radius 1 is 0.250 bits per heavy atom. The molecule has 4 heteroatoms. The van der Waals surface area contributed by atoms with Crippen LogP contribution in [0.25, 0.3) is 22.3 Å². The molecule has 0 unspecified atom stereocenters. The van der Waals surface area contributed by atoms with E-state index in [1.807, 2.05) is 0 Å². The highest BCUT2D eigenvalue weighted by atomic mass is 15.1. The van der Waals surface area contributed by atoms with Crippen molar-refractivity contribution >= 4 is 45.0 Å². The number of hydrogen-bond acceptors (Lipinski definition) is 4. The third kappa shape index (κ3) is 5.10. The van der Waals surface area contributed by atoms with Gasteiger partial charge in [-0.1, -0.05) is 48.5 Å². The fourth-order valence-electron chi connectivity index (χ4n) is 5.30. The maximum absolute atomic E-state index is 2.26. The summed E-state index contributed by atoms with van der Waals surface area (Å²) in [7, 11) is 16.7. The number of allylic oxidation sites excluding steroid dienone is 4. The van der Waals surface area contributed by atoms with Gasteiger partial charge in [-0.25, -0.2) is 0 Å². The molecule has 0 aliphatic heterocycles. The summed E-state index contributed by atoms with van der Waals surface area (Å²) in [6.45, 7) is 0. The summed E-state index contributed by atoms with van der Waals surface area (Å²) in [6, 6.07) is 35.8. The third-order valence-electron chi connectivity index (χ3n) is 7.69. The molecule has 1 aliphatic rings. The summed E-state index contributed by atoms with van der Waals surface area (Å²) in [5, 5.41) is 0. The summed E-state index contributed by atoms with van der Waals surface area (Å²) < 4.78 is 0. The molecule has 0 N–H and O–H groups in total. The molecular formula is C36H40N4. The molecule has 0 radical (unpaired) electrons. The first kappa shape index (κ1) is 27.1. The van der Waals surface area contributed by atoms with Crippen molar-refractivity contribution in [1.82, 2.24) is 0 Å². The summed E-state index contributed by atoms with van der Waals surface area (Å²) in [6.07, 6.45) is 0. The van der Waals surface area contributed by atoms with Gasteiger partial charge < -0.3 is 19.6 Å². The molecule has 0 spiro atoms. The number of anilines is 4. The van der Waals surface area contributed by atoms with E-state index in [0.717, 1.165) is 0 Å². The van der Waals surface area contributed by atoms with E-state index in [0.29, 0.717) is 0 Å². The number of benzene rings is 4. The maximum atomic E-state index is 2.26. The molecule has 0 saturated heterocycles. The molecule has 1 aliphatic carbocycles. The minimum atomic E-state index is 1.20. The molecule has 0 heterocycles. The molecule has 0 aromatic heterocycles. The molecule has 204 valence electrons. The number of hydrogen-bond donors (Lipinski definition) is 0. The van der Waals surface area contributed by atoms with Crippen LogP contribution < -0.4 is 19.6 Å². The highest BCUT2D eigenvalue weighted by Gasteiger charge is 2.33. The Labute approximate surface area is 240 Å². The van der Waals surface area contributed by atoms with Crippen LogP contribution in [0.2, 0.25) is 0 Å². The lowest BCUT2D eigenvalue weighted by Crippen LogP contribution is -2.13. The maximum Gasteiger partial charge on any atom is 0.0361 e. The van der Waals surface area contributed by atoms with Crippen LogP contribution in [0, 0.1) is 0 Å². The minimum Gasteiger partial charge on any atom is -0.378 e. The normalized spacial score (nSPS) is 12.8. The molecule has 0 saturated carbocycles. The van der Waals surface area contributed by atoms with E-state index in [4.69, 9.17) is 0 Å². The van der Waals surface area contributed by atoms with Gasteiger partial charge in [0, 0.05) is 79.1 Å². The molecule has 0 atom stereocenters. The topological polar surface area (TPSA) is 13.0 Å². The standard InChI is InChI=1S/C36H40N4/c1-37(2)29-17-9-25(10-18-29)33-34(26-11-19-30(20-12-26)38(3)4)36(28-15-23-32(24-16-28)40(7)8)35(33)27-13-21-31(22-14-27)39(5)6/h9-24H,1-8H3. The Morgan fingerprint density at radius 2 is 0.400 bits per heavy atom. The highest BCUT2D eigenvalue weighted by Crippen LogP contribution is 2.56. The van der Waals surface area contributed by atoms with Crippen molar-refractivity contribution in [3.8, 4) is 0 Å². The first-order valence-electron chi connectivity index (χ1n) is 13.8. The number of nitrogens with zero attached hydrogens (tertiary/aromatic N) is 4. The van der Waals surface area contributed by atoms with Gasteiger partial charge in [-0.05, 0) is 93.1 Å². The van der Waals surface area contributed by atoms with Crippen LogP contribution in [0.5, 0.6) is 0 Å². The van der Waals surface area contributed by atoms with Gasteiger partial charge in [0.1, 0.15) is 0 Å². The predicted molar refractivity (Wildman–Crippen MR) is 177 cm³/mol. The lowest BCUT2D eigenvalue weighted by Gasteiger charge is -2.34. The van der Waals surface area contributed by atoms with Crippen molar-refractivity contribution in [1.29, 1.82) is 0 Å². The second-order valence-electron chi connectivity index (χ2n) is 11.3. The Bertz CT molecular complexity index is 1280. The molecule has 0 bridgehead atoms. The Balaban J connectivity index is 1.74. The first-order valence-corrected chi connectivity index (χ1v) is 13.8. The average Bonchev–Trinajstić information content (AvgIpc) is 2.93. The van der Waals surface area contributed by atoms with Crippen molar-refractivity contribution in [3.05, 3.63) is 119 Å². The van der Waals surface area contributed by atoms with E-state index in [9.17, 15) is 0 Å². The smallest absolute Gasteiger partial charge is 0.0361 e. The average molecular weight is 529 g/mol. The predicted octanol–water partition coefficient (Wildman–Crippen LogP) is 7.49. The van der Waals surface area contributed by atoms with Gasteiger partial charge >= 0.3 is 0 Å². The fourth-order valence-corrected chi connectivity index (χ4v) is 5.30. The second kappa shape index (κ2) is 11.0. The summed E-state index contributed by atoms with van der Waals surface area (Å²) in [5.41, 5.74) is 14.9. The van der Waals surface area contributed by atoms with E-state index < -0.39 is 0 Å². The molecule has 4 aromatic carbocycles. The molecule has 0 amide bonds. The molecular weight excluding hydrogens is 488 g/mol. The lowest BCUT2D eigenvalue weighted by atomic mass is 9.69. The monoisotopic (exact) mass is 528 g/mol. The van der Waals surface area contributed by atoms with Crippen LogP contribution in [0.15, 0.2) is 97.1 Å². The van der Waals surface area contributed by atoms with Crippen LogP contribution in [0.4, 0.5) is 22.7 Å². The summed E-state index contributed by atoms with van der Waals surface area (Å²) >= 11 is 0. The quantitative estimate of drug-likeness (QED) is 0.235. The van der Waals surface area contributed by atoms with Crippen LogP contribution in [-0.4, -0.2) is 56.4 Å². The zero-order chi connectivity index (χ0) is 28.6. The Morgan fingerprint density at radius 3 is 0.525 bits per heavy atom. The van der Waals surface area contributed by atoms with E-state index in [-0.39, 0.29) is 0 Å². The van der Waals surface area contributed by atoms with Gasteiger partial charge in [0.2, 0.25) is 0 Å². The zero-order valence-electron chi connectivity index (χ0n) is 25.0. The Kier molecular flexibility index (Phi) is 7.44. The Hall–Kier alpha value is -4.44. The van der Waals surface area contributed by atoms with Gasteiger partial charge in [0.25, 0.3) is 0 Å². The molecule has 4 nitrogen and oxygen atoms in total. The van der Waals surface area contributed by atoms with E-state index in [1.165, 1.54) is 67.3 Å². The van der Waals surface area contributed by atoms with Crippen LogP contribution >= 0.6 is 0 Å². The van der Waals surface area contributed by atoms with Gasteiger partial charge in [-0.3, -0.25) is 0 Å². The van der Waals surface area contributed by atoms with E-state index in [1.54, 1.807) is 0 Å². The first-order chi connectivity index (χ1) is 19.2. The van der Waals surface area contributed by atoms with Gasteiger partial charge in [-0.2, -0.15) is 0 Å². The fraction of sp³-hybridized carbons (Fsp3) is 0.222. The zero-order valence-corrected chi connectivity index (χ0v) is 25.0. The largest absolute Gasteiger partial charge is 0.378 e. The third-order valence-corrected chi connectivity index (χ3v) is 7.69. The van der Waals surface area contributed by atoms with Gasteiger partial charge in [0.15, 0.2) is 0 Å². The van der Waals surface area contributed by atoms with Gasteiger partial charge in [0.05, 0.1) is 0 Å². The second-order valence-corrected chi connectivity index (χ2v) is 11.3. The van der Waals surface area contributed by atoms with Crippen LogP contribution in [0.3, 0.4) is 0 Å². The van der Waals surface area contributed by atoms with E-state index >= 15 is 0 Å². The lowest BCUT2D eigenvalue weighted by molar-refractivity contribution is 1.13. The minimum absolute atomic E-state index is 1.20. The molecule has 0 fully saturated rings. The van der Waals surface area contributed by atoms with Crippen LogP contribution in [0.1, 0.15) is 22.3 Å². The van der Waals surface area contributed by atoms with Crippen molar-refractivity contribution < 1.29 is 0 Å². The SMILES string of the molecule is CN(C)c1ccc(C2=C(c3ccc(N(C)C)cc3)C(c3ccc(N(C)C)cc3)=C2c2ccc(N(C)C)cc2)cc1. The summed E-state index contributed by atoms with van der Waals surface area (Å²) in [4.78, 5) is 8.59. The van der Waals surface area contributed by atoms with Crippen molar-refractivity contribution in [2.24, 2.45) is 0 Å². The summed E-state index contributed by atoms with van der Waals surface area (Å²) in [5.74, 6) is 0. The highest BCUT2D eigenvalue weighted by molar-refractivity contribution is 6.43. The van der Waals surface area contributed by atoms with Crippen molar-refractivity contribution in [2.45, 2.75) is 0 Å². The van der Waals surface area contributed by atoms with E-state index in [2.05, 4.69) is 173 Å². The number of rotatable bonds is 8. The molecule has 40 heavy (non-hydrogen) atoms. The molecule has 5 rings (SSSR count). The van der Waals surface area contributed by atoms with Crippen molar-refractivity contribution in [2.75, 3.05) is 76.0 Å². The van der Waals surface area contributed by atoms with Gasteiger partial charge in [-0.15, -0.1) is 0 Å².